The van der Waals surface area contributed by atoms with Gasteiger partial charge in [-0.3, -0.25) is 4.79 Å². The van der Waals surface area contributed by atoms with Gasteiger partial charge in [-0.1, -0.05) is 20.8 Å². The highest BCUT2D eigenvalue weighted by Gasteiger charge is 2.44. The van der Waals surface area contributed by atoms with Crippen LogP contribution in [0.2, 0.25) is 0 Å². The molecule has 1 aliphatic carbocycles. The second-order valence-electron chi connectivity index (χ2n) is 4.47. The summed E-state index contributed by atoms with van der Waals surface area (Å²) in [6.45, 7) is 6.03. The van der Waals surface area contributed by atoms with Gasteiger partial charge >= 0.3 is 0 Å². The van der Waals surface area contributed by atoms with Gasteiger partial charge in [0, 0.05) is 11.3 Å². The second-order valence-corrected chi connectivity index (χ2v) is 4.47. The quantitative estimate of drug-likeness (QED) is 0.683. The largest absolute Gasteiger partial charge is 0.395 e. The van der Waals surface area contributed by atoms with Crippen LogP contribution in [0.3, 0.4) is 0 Å². The fourth-order valence-electron chi connectivity index (χ4n) is 1.97. The second kappa shape index (κ2) is 3.17. The van der Waals surface area contributed by atoms with Crippen LogP contribution in [0.25, 0.3) is 0 Å². The molecule has 0 spiro atoms. The molecule has 0 radical (unpaired) electrons. The van der Waals surface area contributed by atoms with Gasteiger partial charge in [-0.2, -0.15) is 0 Å². The molecular weight excluding hydrogens is 152 g/mol. The highest BCUT2D eigenvalue weighted by atomic mass is 16.3. The third-order valence-electron chi connectivity index (χ3n) is 3.09. The molecule has 1 aliphatic rings. The summed E-state index contributed by atoms with van der Waals surface area (Å²) in [4.78, 5) is 11.7. The van der Waals surface area contributed by atoms with Crippen molar-refractivity contribution < 1.29 is 9.90 Å². The molecule has 1 fully saturated rings. The molecular formula is C10H18O2. The number of aliphatic hydroxyl groups excluding tert-OH is 1. The van der Waals surface area contributed by atoms with Gasteiger partial charge in [0.2, 0.25) is 0 Å². The van der Waals surface area contributed by atoms with Gasteiger partial charge in [0.05, 0.1) is 6.61 Å². The number of Topliss-reactive ketones (excluding diaryl/α,β-unsaturated/α-hetero) is 1. The minimum atomic E-state index is -0.436. The third-order valence-corrected chi connectivity index (χ3v) is 3.09. The van der Waals surface area contributed by atoms with Crippen molar-refractivity contribution in [3.8, 4) is 0 Å². The lowest BCUT2D eigenvalue weighted by Crippen LogP contribution is -2.30. The molecule has 1 rings (SSSR count). The first-order valence-corrected chi connectivity index (χ1v) is 4.66. The first-order valence-electron chi connectivity index (χ1n) is 4.66. The van der Waals surface area contributed by atoms with E-state index in [4.69, 9.17) is 5.11 Å². The Hall–Kier alpha value is -0.370. The molecule has 2 atom stereocenters. The van der Waals surface area contributed by atoms with E-state index in [2.05, 4.69) is 13.8 Å². The Morgan fingerprint density at radius 1 is 1.67 bits per heavy atom. The molecule has 0 aromatic carbocycles. The summed E-state index contributed by atoms with van der Waals surface area (Å²) in [7, 11) is 0. The Labute approximate surface area is 74.0 Å². The zero-order valence-corrected chi connectivity index (χ0v) is 8.13. The molecule has 0 bridgehead atoms. The summed E-state index contributed by atoms with van der Waals surface area (Å²) in [6, 6.07) is 0. The molecule has 0 heterocycles. The molecule has 2 heteroatoms. The van der Waals surface area contributed by atoms with Gasteiger partial charge in [0.25, 0.3) is 0 Å². The summed E-state index contributed by atoms with van der Waals surface area (Å²) >= 11 is 0. The lowest BCUT2D eigenvalue weighted by Gasteiger charge is -2.20. The van der Waals surface area contributed by atoms with Crippen LogP contribution in [0, 0.1) is 17.3 Å². The number of carbonyl (C=O) groups is 1. The normalized spacial score (nSPS) is 36.4. The molecule has 70 valence electrons. The van der Waals surface area contributed by atoms with E-state index in [9.17, 15) is 4.79 Å². The van der Waals surface area contributed by atoms with Gasteiger partial charge in [0.15, 0.2) is 0 Å². The van der Waals surface area contributed by atoms with Crippen LogP contribution in [-0.2, 0) is 4.79 Å². The fourth-order valence-corrected chi connectivity index (χ4v) is 1.97. The maximum absolute atomic E-state index is 11.7. The van der Waals surface area contributed by atoms with Crippen LogP contribution in [-0.4, -0.2) is 17.5 Å². The molecule has 0 unspecified atom stereocenters. The summed E-state index contributed by atoms with van der Waals surface area (Å²) in [5, 5.41) is 9.07. The summed E-state index contributed by atoms with van der Waals surface area (Å²) < 4.78 is 0. The van der Waals surface area contributed by atoms with Gasteiger partial charge in [-0.15, -0.1) is 0 Å². The number of rotatable bonds is 2. The Morgan fingerprint density at radius 3 is 2.50 bits per heavy atom. The number of aliphatic hydroxyl groups is 1. The zero-order valence-electron chi connectivity index (χ0n) is 8.13. The van der Waals surface area contributed by atoms with Gasteiger partial charge < -0.3 is 5.11 Å². The first-order chi connectivity index (χ1) is 5.51. The van der Waals surface area contributed by atoms with Crippen molar-refractivity contribution in [3.63, 3.8) is 0 Å². The Morgan fingerprint density at radius 2 is 2.25 bits per heavy atom. The molecule has 12 heavy (non-hydrogen) atoms. The van der Waals surface area contributed by atoms with Gasteiger partial charge in [-0.05, 0) is 18.8 Å². The summed E-state index contributed by atoms with van der Waals surface area (Å²) in [5.74, 6) is 0.869. The SMILES string of the molecule is CC(C)[C@@H]1CC[C@](C)(CO)C1=O. The van der Waals surface area contributed by atoms with Crippen molar-refractivity contribution in [2.24, 2.45) is 17.3 Å². The monoisotopic (exact) mass is 170 g/mol. The van der Waals surface area contributed by atoms with E-state index >= 15 is 0 Å². The Balaban J connectivity index is 2.74. The Bertz CT molecular complexity index is 186. The van der Waals surface area contributed by atoms with E-state index in [-0.39, 0.29) is 18.3 Å². The molecule has 2 nitrogen and oxygen atoms in total. The molecule has 0 aromatic rings. The molecule has 0 aliphatic heterocycles. The predicted molar refractivity (Wildman–Crippen MR) is 47.8 cm³/mol. The van der Waals surface area contributed by atoms with E-state index in [0.717, 1.165) is 12.8 Å². The van der Waals surface area contributed by atoms with Crippen LogP contribution in [0.5, 0.6) is 0 Å². The highest BCUT2D eigenvalue weighted by molar-refractivity contribution is 5.89. The smallest absolute Gasteiger partial charge is 0.144 e. The van der Waals surface area contributed by atoms with Crippen LogP contribution >= 0.6 is 0 Å². The van der Waals surface area contributed by atoms with E-state index in [1.165, 1.54) is 0 Å². The molecule has 1 N–H and O–H groups in total. The maximum atomic E-state index is 11.7. The molecule has 0 aromatic heterocycles. The van der Waals surface area contributed by atoms with E-state index < -0.39 is 5.41 Å². The lowest BCUT2D eigenvalue weighted by molar-refractivity contribution is -0.131. The van der Waals surface area contributed by atoms with Crippen molar-refractivity contribution in [1.82, 2.24) is 0 Å². The molecule has 1 saturated carbocycles. The topological polar surface area (TPSA) is 37.3 Å². The van der Waals surface area contributed by atoms with E-state index in [1.807, 2.05) is 6.92 Å². The minimum absolute atomic E-state index is 0.00898. The van der Waals surface area contributed by atoms with Crippen molar-refractivity contribution in [2.45, 2.75) is 33.6 Å². The number of ketones is 1. The van der Waals surface area contributed by atoms with Gasteiger partial charge in [0.1, 0.15) is 5.78 Å². The average molecular weight is 170 g/mol. The van der Waals surface area contributed by atoms with Crippen molar-refractivity contribution in [2.75, 3.05) is 6.61 Å². The first kappa shape index (κ1) is 9.72. The average Bonchev–Trinajstić information content (AvgIpc) is 2.30. The van der Waals surface area contributed by atoms with Crippen LogP contribution < -0.4 is 0 Å². The van der Waals surface area contributed by atoms with E-state index in [1.54, 1.807) is 0 Å². The fraction of sp³-hybridized carbons (Fsp3) is 0.900. The van der Waals surface area contributed by atoms with E-state index in [0.29, 0.717) is 5.92 Å². The Kier molecular flexibility index (Phi) is 2.57. The zero-order chi connectivity index (χ0) is 9.35. The van der Waals surface area contributed by atoms with Crippen molar-refractivity contribution in [3.05, 3.63) is 0 Å². The van der Waals surface area contributed by atoms with Crippen LogP contribution in [0.4, 0.5) is 0 Å². The lowest BCUT2D eigenvalue weighted by atomic mass is 9.84. The maximum Gasteiger partial charge on any atom is 0.144 e. The number of carbonyl (C=O) groups excluding carboxylic acids is 1. The van der Waals surface area contributed by atoms with Crippen LogP contribution in [0.15, 0.2) is 0 Å². The highest BCUT2D eigenvalue weighted by Crippen LogP contribution is 2.40. The molecule has 0 amide bonds. The number of hydrogen-bond donors (Lipinski definition) is 1. The molecule has 0 saturated heterocycles. The van der Waals surface area contributed by atoms with Crippen LogP contribution in [0.1, 0.15) is 33.6 Å². The van der Waals surface area contributed by atoms with Crippen molar-refractivity contribution >= 4 is 5.78 Å². The minimum Gasteiger partial charge on any atom is -0.395 e. The van der Waals surface area contributed by atoms with Crippen molar-refractivity contribution in [1.29, 1.82) is 0 Å². The number of hydrogen-bond acceptors (Lipinski definition) is 2. The summed E-state index contributed by atoms with van der Waals surface area (Å²) in [5.41, 5.74) is -0.436. The van der Waals surface area contributed by atoms with Gasteiger partial charge in [-0.25, -0.2) is 0 Å². The predicted octanol–water partition coefficient (Wildman–Crippen LogP) is 1.62. The standard InChI is InChI=1S/C10H18O2/c1-7(2)8-4-5-10(3,6-11)9(8)12/h7-8,11H,4-6H2,1-3H3/t8-,10+/m0/s1. The third kappa shape index (κ3) is 1.40. The summed E-state index contributed by atoms with van der Waals surface area (Å²) in [6.07, 6.45) is 1.80.